The Labute approximate surface area is 127 Å². The maximum absolute atomic E-state index is 6.12. The normalized spacial score (nSPS) is 12.7. The molecule has 0 saturated heterocycles. The zero-order valence-electron chi connectivity index (χ0n) is 12.9. The van der Waals surface area contributed by atoms with E-state index >= 15 is 0 Å². The lowest BCUT2D eigenvalue weighted by Gasteiger charge is -2.20. The van der Waals surface area contributed by atoms with Gasteiger partial charge in [-0.05, 0) is 42.6 Å². The summed E-state index contributed by atoms with van der Waals surface area (Å²) in [6.45, 7) is 8.77. The van der Waals surface area contributed by atoms with Crippen LogP contribution in [0.1, 0.15) is 26.3 Å². The predicted molar refractivity (Wildman–Crippen MR) is 84.8 cm³/mol. The summed E-state index contributed by atoms with van der Waals surface area (Å²) in [6.07, 6.45) is 0.904. The van der Waals surface area contributed by atoms with E-state index in [1.54, 1.807) is 7.11 Å². The molecule has 0 amide bonds. The topological polar surface area (TPSA) is 30.5 Å². The predicted octanol–water partition coefficient (Wildman–Crippen LogP) is 3.54. The standard InChI is InChI=1S/C16H26ClNO2/c1-5-13-8-14(6-7-16(13)17)20-15(11-19-4)10-18-9-12(2)3/h6-8,12,15,18H,5,9-11H2,1-4H3. The Balaban J connectivity index is 2.60. The number of nitrogens with one attached hydrogen (secondary N) is 1. The Kier molecular flexibility index (Phi) is 7.97. The van der Waals surface area contributed by atoms with Gasteiger partial charge in [0.15, 0.2) is 0 Å². The molecule has 3 nitrogen and oxygen atoms in total. The van der Waals surface area contributed by atoms with Gasteiger partial charge in [0.25, 0.3) is 0 Å². The van der Waals surface area contributed by atoms with Gasteiger partial charge in [-0.15, -0.1) is 0 Å². The van der Waals surface area contributed by atoms with Gasteiger partial charge in [0, 0.05) is 18.7 Å². The molecule has 0 saturated carbocycles. The van der Waals surface area contributed by atoms with Crippen molar-refractivity contribution >= 4 is 11.6 Å². The van der Waals surface area contributed by atoms with E-state index in [1.165, 1.54) is 0 Å². The Bertz CT molecular complexity index is 396. The van der Waals surface area contributed by atoms with Crippen LogP contribution in [0.2, 0.25) is 5.02 Å². The van der Waals surface area contributed by atoms with Gasteiger partial charge in [0.2, 0.25) is 0 Å². The molecular weight excluding hydrogens is 274 g/mol. The maximum atomic E-state index is 6.12. The number of aryl methyl sites for hydroxylation is 1. The molecule has 0 aromatic heterocycles. The van der Waals surface area contributed by atoms with Crippen LogP contribution in [0.15, 0.2) is 18.2 Å². The lowest BCUT2D eigenvalue weighted by atomic mass is 10.1. The number of hydrogen-bond donors (Lipinski definition) is 1. The summed E-state index contributed by atoms with van der Waals surface area (Å²) in [4.78, 5) is 0. The van der Waals surface area contributed by atoms with E-state index < -0.39 is 0 Å². The second-order valence-corrected chi connectivity index (χ2v) is 5.76. The molecule has 0 aliphatic heterocycles. The van der Waals surface area contributed by atoms with Gasteiger partial charge >= 0.3 is 0 Å². The Morgan fingerprint density at radius 3 is 2.60 bits per heavy atom. The summed E-state index contributed by atoms with van der Waals surface area (Å²) >= 11 is 6.12. The second kappa shape index (κ2) is 9.22. The first kappa shape index (κ1) is 17.3. The molecule has 1 rings (SSSR count). The molecule has 1 aromatic carbocycles. The van der Waals surface area contributed by atoms with Crippen molar-refractivity contribution in [1.29, 1.82) is 0 Å². The summed E-state index contributed by atoms with van der Waals surface area (Å²) < 4.78 is 11.2. The molecule has 1 aromatic rings. The molecule has 0 bridgehead atoms. The van der Waals surface area contributed by atoms with Crippen molar-refractivity contribution in [2.75, 3.05) is 26.8 Å². The van der Waals surface area contributed by atoms with Crippen LogP contribution in [0.5, 0.6) is 5.75 Å². The number of ether oxygens (including phenoxy) is 2. The highest BCUT2D eigenvalue weighted by molar-refractivity contribution is 6.31. The quantitative estimate of drug-likeness (QED) is 0.756. The van der Waals surface area contributed by atoms with Crippen molar-refractivity contribution < 1.29 is 9.47 Å². The van der Waals surface area contributed by atoms with Crippen molar-refractivity contribution in [2.24, 2.45) is 5.92 Å². The van der Waals surface area contributed by atoms with E-state index in [-0.39, 0.29) is 6.10 Å². The van der Waals surface area contributed by atoms with Crippen molar-refractivity contribution in [3.63, 3.8) is 0 Å². The van der Waals surface area contributed by atoms with Gasteiger partial charge < -0.3 is 14.8 Å². The summed E-state index contributed by atoms with van der Waals surface area (Å²) in [5.74, 6) is 1.47. The number of rotatable bonds is 9. The fourth-order valence-corrected chi connectivity index (χ4v) is 2.19. The van der Waals surface area contributed by atoms with E-state index in [0.29, 0.717) is 12.5 Å². The average Bonchev–Trinajstić information content (AvgIpc) is 2.40. The lowest BCUT2D eigenvalue weighted by molar-refractivity contribution is 0.0802. The highest BCUT2D eigenvalue weighted by Gasteiger charge is 2.11. The van der Waals surface area contributed by atoms with Crippen LogP contribution < -0.4 is 10.1 Å². The van der Waals surface area contributed by atoms with E-state index in [2.05, 4.69) is 26.1 Å². The number of methoxy groups -OCH3 is 1. The van der Waals surface area contributed by atoms with Gasteiger partial charge in [-0.25, -0.2) is 0 Å². The van der Waals surface area contributed by atoms with Crippen molar-refractivity contribution in [3.05, 3.63) is 28.8 Å². The third-order valence-corrected chi connectivity index (χ3v) is 3.35. The van der Waals surface area contributed by atoms with Crippen LogP contribution in [-0.2, 0) is 11.2 Å². The molecule has 0 heterocycles. The Morgan fingerprint density at radius 1 is 1.25 bits per heavy atom. The Hall–Kier alpha value is -0.770. The number of benzene rings is 1. The fourth-order valence-electron chi connectivity index (χ4n) is 1.94. The molecule has 1 unspecified atom stereocenters. The minimum absolute atomic E-state index is 0.00429. The molecular formula is C16H26ClNO2. The largest absolute Gasteiger partial charge is 0.487 e. The highest BCUT2D eigenvalue weighted by atomic mass is 35.5. The Morgan fingerprint density at radius 2 is 2.00 bits per heavy atom. The third kappa shape index (κ3) is 6.12. The molecule has 20 heavy (non-hydrogen) atoms. The van der Waals surface area contributed by atoms with Crippen molar-refractivity contribution in [1.82, 2.24) is 5.32 Å². The van der Waals surface area contributed by atoms with Crippen LogP contribution in [0.3, 0.4) is 0 Å². The third-order valence-electron chi connectivity index (χ3n) is 2.98. The number of halogens is 1. The number of hydrogen-bond acceptors (Lipinski definition) is 3. The van der Waals surface area contributed by atoms with Crippen LogP contribution in [0.25, 0.3) is 0 Å². The first-order valence-corrected chi connectivity index (χ1v) is 7.59. The van der Waals surface area contributed by atoms with Gasteiger partial charge in [-0.1, -0.05) is 32.4 Å². The van der Waals surface area contributed by atoms with Crippen molar-refractivity contribution in [2.45, 2.75) is 33.3 Å². The molecule has 1 N–H and O–H groups in total. The first-order chi connectivity index (χ1) is 9.56. The monoisotopic (exact) mass is 299 g/mol. The highest BCUT2D eigenvalue weighted by Crippen LogP contribution is 2.23. The molecule has 0 aliphatic carbocycles. The van der Waals surface area contributed by atoms with Crippen LogP contribution in [-0.4, -0.2) is 32.9 Å². The zero-order valence-corrected chi connectivity index (χ0v) is 13.7. The molecule has 1 atom stereocenters. The zero-order chi connectivity index (χ0) is 15.0. The van der Waals surface area contributed by atoms with Gasteiger partial charge in [-0.3, -0.25) is 0 Å². The van der Waals surface area contributed by atoms with Crippen LogP contribution >= 0.6 is 11.6 Å². The molecule has 114 valence electrons. The molecule has 0 aliphatic rings. The summed E-state index contributed by atoms with van der Waals surface area (Å²) in [5, 5.41) is 4.19. The average molecular weight is 300 g/mol. The van der Waals surface area contributed by atoms with E-state index in [1.807, 2.05) is 18.2 Å². The molecule has 0 radical (unpaired) electrons. The SMILES string of the molecule is CCc1cc(OC(CNCC(C)C)COC)ccc1Cl. The van der Waals surface area contributed by atoms with E-state index in [9.17, 15) is 0 Å². The van der Waals surface area contributed by atoms with Gasteiger partial charge in [0.1, 0.15) is 11.9 Å². The fraction of sp³-hybridized carbons (Fsp3) is 0.625. The molecule has 4 heteroatoms. The van der Waals surface area contributed by atoms with Crippen molar-refractivity contribution in [3.8, 4) is 5.75 Å². The first-order valence-electron chi connectivity index (χ1n) is 7.21. The van der Waals surface area contributed by atoms with Gasteiger partial charge in [0.05, 0.1) is 6.61 Å². The second-order valence-electron chi connectivity index (χ2n) is 5.35. The summed E-state index contributed by atoms with van der Waals surface area (Å²) in [7, 11) is 1.69. The summed E-state index contributed by atoms with van der Waals surface area (Å²) in [6, 6.07) is 5.81. The van der Waals surface area contributed by atoms with Gasteiger partial charge in [-0.2, -0.15) is 0 Å². The summed E-state index contributed by atoms with van der Waals surface area (Å²) in [5.41, 5.74) is 1.11. The molecule has 0 spiro atoms. The molecule has 0 fully saturated rings. The minimum Gasteiger partial charge on any atom is -0.487 e. The minimum atomic E-state index is 0.00429. The lowest BCUT2D eigenvalue weighted by Crippen LogP contribution is -2.36. The van der Waals surface area contributed by atoms with E-state index in [4.69, 9.17) is 21.1 Å². The van der Waals surface area contributed by atoms with E-state index in [0.717, 1.165) is 35.8 Å². The van der Waals surface area contributed by atoms with Crippen LogP contribution in [0, 0.1) is 5.92 Å². The maximum Gasteiger partial charge on any atom is 0.134 e. The smallest absolute Gasteiger partial charge is 0.134 e. The van der Waals surface area contributed by atoms with Crippen LogP contribution in [0.4, 0.5) is 0 Å².